The fourth-order valence-electron chi connectivity index (χ4n) is 2.05. The Bertz CT molecular complexity index is 718. The average Bonchev–Trinajstić information content (AvgIpc) is 2.76. The van der Waals surface area contributed by atoms with Crippen LogP contribution in [0.4, 0.5) is 0 Å². The molecule has 2 aromatic rings. The maximum Gasteiger partial charge on any atom is 0.267 e. The molecule has 0 aliphatic carbocycles. The van der Waals surface area contributed by atoms with Gasteiger partial charge in [0.15, 0.2) is 0 Å². The number of aryl methyl sites for hydroxylation is 1. The van der Waals surface area contributed by atoms with Gasteiger partial charge in [-0.2, -0.15) is 0 Å². The summed E-state index contributed by atoms with van der Waals surface area (Å²) in [6.45, 7) is 3.65. The second-order valence-electron chi connectivity index (χ2n) is 4.60. The second-order valence-corrected chi connectivity index (χ2v) is 6.95. The van der Waals surface area contributed by atoms with E-state index in [1.165, 1.54) is 3.97 Å². The van der Waals surface area contributed by atoms with Crippen molar-refractivity contribution in [2.45, 2.75) is 30.5 Å². The van der Waals surface area contributed by atoms with Gasteiger partial charge in [-0.3, -0.25) is 0 Å². The van der Waals surface area contributed by atoms with Crippen molar-refractivity contribution in [1.29, 1.82) is 0 Å². The molecule has 1 heterocycles. The zero-order valence-electron chi connectivity index (χ0n) is 11.2. The predicted molar refractivity (Wildman–Crippen MR) is 82.0 cm³/mol. The van der Waals surface area contributed by atoms with E-state index in [2.05, 4.69) is 0 Å². The Labute approximate surface area is 129 Å². The van der Waals surface area contributed by atoms with Crippen molar-refractivity contribution in [3.63, 3.8) is 0 Å². The molecule has 0 spiro atoms. The van der Waals surface area contributed by atoms with Crippen LogP contribution in [0.3, 0.4) is 0 Å². The van der Waals surface area contributed by atoms with Gasteiger partial charge < -0.3 is 0 Å². The topological polar surface area (TPSA) is 39.1 Å². The van der Waals surface area contributed by atoms with Crippen molar-refractivity contribution in [1.82, 2.24) is 3.97 Å². The monoisotopic (exact) mass is 331 g/mol. The summed E-state index contributed by atoms with van der Waals surface area (Å²) in [5, 5.41) is 0. The molecule has 0 saturated carbocycles. The van der Waals surface area contributed by atoms with Crippen molar-refractivity contribution in [2.24, 2.45) is 0 Å². The molecule has 0 fully saturated rings. The van der Waals surface area contributed by atoms with E-state index < -0.39 is 10.0 Å². The zero-order valence-corrected chi connectivity index (χ0v) is 13.6. The normalized spacial score (nSPS) is 11.8. The van der Waals surface area contributed by atoms with E-state index in [0.717, 1.165) is 16.7 Å². The van der Waals surface area contributed by atoms with Gasteiger partial charge in [-0.1, -0.05) is 17.7 Å². The summed E-state index contributed by atoms with van der Waals surface area (Å²) in [5.41, 5.74) is 3.14. The van der Waals surface area contributed by atoms with Crippen LogP contribution < -0.4 is 0 Å². The molecule has 0 saturated heterocycles. The zero-order chi connectivity index (χ0) is 14.9. The molecule has 6 heteroatoms. The van der Waals surface area contributed by atoms with Crippen LogP contribution >= 0.6 is 23.2 Å². The van der Waals surface area contributed by atoms with E-state index >= 15 is 0 Å². The third-order valence-electron chi connectivity index (χ3n) is 3.28. The van der Waals surface area contributed by atoms with Crippen LogP contribution in [0, 0.1) is 13.8 Å². The summed E-state index contributed by atoms with van der Waals surface area (Å²) in [6.07, 6.45) is 1.55. The molecule has 2 rings (SSSR count). The molecular formula is C14H15Cl2NO2S. The van der Waals surface area contributed by atoms with E-state index in [0.29, 0.717) is 5.69 Å². The fourth-order valence-corrected chi connectivity index (χ4v) is 4.09. The molecule has 0 N–H and O–H groups in total. The maximum absolute atomic E-state index is 12.6. The minimum atomic E-state index is -3.61. The summed E-state index contributed by atoms with van der Waals surface area (Å²) in [5.74, 6) is 0.476. The first-order valence-corrected chi connectivity index (χ1v) is 8.56. The second kappa shape index (κ2) is 5.80. The predicted octanol–water partition coefficient (Wildman–Crippen LogP) is 3.82. The summed E-state index contributed by atoms with van der Waals surface area (Å²) >= 11 is 11.7. The Morgan fingerprint density at radius 3 is 2.10 bits per heavy atom. The Morgan fingerprint density at radius 1 is 1.05 bits per heavy atom. The maximum atomic E-state index is 12.6. The summed E-state index contributed by atoms with van der Waals surface area (Å²) in [6, 6.07) is 6.75. The highest BCUT2D eigenvalue weighted by Gasteiger charge is 2.22. The van der Waals surface area contributed by atoms with Gasteiger partial charge in [0.05, 0.1) is 4.90 Å². The minimum absolute atomic E-state index is 0.235. The third-order valence-corrected chi connectivity index (χ3v) is 5.60. The summed E-state index contributed by atoms with van der Waals surface area (Å²) in [4.78, 5) is 0.253. The van der Waals surface area contributed by atoms with Crippen LogP contribution in [0.2, 0.25) is 0 Å². The summed E-state index contributed by atoms with van der Waals surface area (Å²) < 4.78 is 26.5. The molecule has 0 amide bonds. The number of hydrogen-bond acceptors (Lipinski definition) is 2. The largest absolute Gasteiger partial charge is 0.267 e. The molecule has 0 aliphatic heterocycles. The van der Waals surface area contributed by atoms with Gasteiger partial charge in [0.25, 0.3) is 10.0 Å². The smallest absolute Gasteiger partial charge is 0.246 e. The van der Waals surface area contributed by atoms with Gasteiger partial charge in [0.2, 0.25) is 0 Å². The van der Waals surface area contributed by atoms with E-state index in [9.17, 15) is 8.42 Å². The van der Waals surface area contributed by atoms with Gasteiger partial charge in [0.1, 0.15) is 0 Å². The van der Waals surface area contributed by atoms with Crippen LogP contribution in [0.15, 0.2) is 35.4 Å². The van der Waals surface area contributed by atoms with Gasteiger partial charge in [0, 0.05) is 23.7 Å². The highest BCUT2D eigenvalue weighted by atomic mass is 35.5. The number of alkyl halides is 2. The minimum Gasteiger partial charge on any atom is -0.246 e. The lowest BCUT2D eigenvalue weighted by Crippen LogP contribution is -2.13. The Kier molecular flexibility index (Phi) is 4.47. The molecule has 20 heavy (non-hydrogen) atoms. The van der Waals surface area contributed by atoms with Gasteiger partial charge in [-0.25, -0.2) is 12.4 Å². The quantitative estimate of drug-likeness (QED) is 0.799. The van der Waals surface area contributed by atoms with Crippen molar-refractivity contribution in [3.05, 3.63) is 52.8 Å². The molecule has 0 radical (unpaired) electrons. The summed E-state index contributed by atoms with van der Waals surface area (Å²) in [7, 11) is -3.61. The van der Waals surface area contributed by atoms with Crippen LogP contribution in [0.5, 0.6) is 0 Å². The lowest BCUT2D eigenvalue weighted by molar-refractivity contribution is 0.586. The van der Waals surface area contributed by atoms with Gasteiger partial charge in [-0.15, -0.1) is 23.2 Å². The van der Waals surface area contributed by atoms with E-state index in [1.807, 2.05) is 6.92 Å². The number of rotatable bonds is 4. The molecule has 0 atom stereocenters. The first kappa shape index (κ1) is 15.4. The molecule has 108 valence electrons. The third kappa shape index (κ3) is 2.60. The fraction of sp³-hybridized carbons (Fsp3) is 0.286. The Hall–Kier alpha value is -0.970. The Morgan fingerprint density at radius 2 is 1.65 bits per heavy atom. The number of halogens is 2. The van der Waals surface area contributed by atoms with Crippen molar-refractivity contribution in [2.75, 3.05) is 0 Å². The first-order valence-electron chi connectivity index (χ1n) is 6.05. The van der Waals surface area contributed by atoms with Crippen LogP contribution in [-0.2, 0) is 21.8 Å². The number of hydrogen-bond donors (Lipinski definition) is 0. The van der Waals surface area contributed by atoms with E-state index in [4.69, 9.17) is 23.2 Å². The SMILES string of the molecule is Cc1ccc(S(=O)(=O)n2cc(CCl)c(CCl)c2C)cc1. The van der Waals surface area contributed by atoms with E-state index in [1.54, 1.807) is 37.4 Å². The van der Waals surface area contributed by atoms with Crippen LogP contribution in [0.1, 0.15) is 22.4 Å². The van der Waals surface area contributed by atoms with Gasteiger partial charge in [-0.05, 0) is 37.1 Å². The van der Waals surface area contributed by atoms with Crippen molar-refractivity contribution < 1.29 is 8.42 Å². The number of benzene rings is 1. The standard InChI is InChI=1S/C14H15Cl2NO2S/c1-10-3-5-13(6-4-10)20(18,19)17-9-12(7-15)14(8-16)11(17)2/h3-6,9H,7-8H2,1-2H3. The number of aromatic nitrogens is 1. The van der Waals surface area contributed by atoms with E-state index in [-0.39, 0.29) is 16.7 Å². The number of nitrogens with zero attached hydrogens (tertiary/aromatic N) is 1. The van der Waals surface area contributed by atoms with Gasteiger partial charge >= 0.3 is 0 Å². The lowest BCUT2D eigenvalue weighted by Gasteiger charge is -2.09. The average molecular weight is 332 g/mol. The molecular weight excluding hydrogens is 317 g/mol. The highest BCUT2D eigenvalue weighted by Crippen LogP contribution is 2.25. The van der Waals surface area contributed by atoms with Crippen LogP contribution in [0.25, 0.3) is 0 Å². The molecule has 1 aromatic heterocycles. The highest BCUT2D eigenvalue weighted by molar-refractivity contribution is 7.90. The Balaban J connectivity index is 2.60. The van der Waals surface area contributed by atoms with Crippen molar-refractivity contribution in [3.8, 4) is 0 Å². The lowest BCUT2D eigenvalue weighted by atomic mass is 10.2. The molecule has 1 aromatic carbocycles. The molecule has 0 bridgehead atoms. The van der Waals surface area contributed by atoms with Crippen LogP contribution in [-0.4, -0.2) is 12.4 Å². The molecule has 3 nitrogen and oxygen atoms in total. The van der Waals surface area contributed by atoms with Crippen molar-refractivity contribution >= 4 is 33.2 Å². The molecule has 0 aliphatic rings. The first-order chi connectivity index (χ1) is 9.41. The molecule has 0 unspecified atom stereocenters.